The van der Waals surface area contributed by atoms with E-state index in [-0.39, 0.29) is 17.7 Å². The van der Waals surface area contributed by atoms with Crippen molar-refractivity contribution in [3.8, 4) is 0 Å². The summed E-state index contributed by atoms with van der Waals surface area (Å²) in [6.07, 6.45) is 8.40. The number of fused-ring (bicyclic) bond motifs is 1. The van der Waals surface area contributed by atoms with Crippen LogP contribution in [0.1, 0.15) is 73.6 Å². The maximum absolute atomic E-state index is 6.26. The third kappa shape index (κ3) is 3.49. The Morgan fingerprint density at radius 2 is 2.09 bits per heavy atom. The van der Waals surface area contributed by atoms with Crippen LogP contribution in [0.25, 0.3) is 0 Å². The lowest BCUT2D eigenvalue weighted by Gasteiger charge is -2.54. The summed E-state index contributed by atoms with van der Waals surface area (Å²) in [4.78, 5) is 0. The molecule has 126 valence electrons. The van der Waals surface area contributed by atoms with E-state index in [2.05, 4.69) is 47.6 Å². The van der Waals surface area contributed by atoms with Crippen LogP contribution < -0.4 is 5.73 Å². The van der Waals surface area contributed by atoms with Gasteiger partial charge in [-0.1, -0.05) is 31.1 Å². The van der Waals surface area contributed by atoms with Crippen molar-refractivity contribution in [1.82, 2.24) is 0 Å². The minimum Gasteiger partial charge on any atom is -0.355 e. The smallest absolute Gasteiger partial charge is 0.106 e. The van der Waals surface area contributed by atoms with Crippen molar-refractivity contribution in [1.29, 1.82) is 0 Å². The fourth-order valence-corrected chi connectivity index (χ4v) is 4.61. The largest absolute Gasteiger partial charge is 0.355 e. The summed E-state index contributed by atoms with van der Waals surface area (Å²) in [5, 5.41) is 0. The molecule has 0 saturated carbocycles. The van der Waals surface area contributed by atoms with Crippen molar-refractivity contribution < 1.29 is 4.74 Å². The van der Waals surface area contributed by atoms with Gasteiger partial charge < -0.3 is 10.5 Å². The molecule has 0 spiro atoms. The second-order valence-corrected chi connectivity index (χ2v) is 8.20. The molecular formula is C20H35NO. The van der Waals surface area contributed by atoms with E-state index in [9.17, 15) is 0 Å². The molecule has 0 bridgehead atoms. The highest BCUT2D eigenvalue weighted by molar-refractivity contribution is 5.24. The summed E-state index contributed by atoms with van der Waals surface area (Å²) in [7, 11) is 0. The van der Waals surface area contributed by atoms with Gasteiger partial charge in [0.15, 0.2) is 0 Å². The molecule has 0 aromatic carbocycles. The van der Waals surface area contributed by atoms with Gasteiger partial charge in [0.25, 0.3) is 0 Å². The zero-order valence-corrected chi connectivity index (χ0v) is 15.4. The maximum Gasteiger partial charge on any atom is 0.106 e. The summed E-state index contributed by atoms with van der Waals surface area (Å²) in [5.41, 5.74) is 10.9. The lowest BCUT2D eigenvalue weighted by Crippen LogP contribution is -2.55. The normalized spacial score (nSPS) is 36.8. The Kier molecular flexibility index (Phi) is 5.55. The number of hydrogen-bond donors (Lipinski definition) is 1. The zero-order valence-electron chi connectivity index (χ0n) is 15.4. The van der Waals surface area contributed by atoms with Crippen LogP contribution in [0, 0.1) is 17.3 Å². The van der Waals surface area contributed by atoms with E-state index in [0.717, 1.165) is 6.42 Å². The molecule has 1 aliphatic carbocycles. The van der Waals surface area contributed by atoms with Gasteiger partial charge in [-0.25, -0.2) is 0 Å². The molecule has 0 radical (unpaired) electrons. The molecule has 1 fully saturated rings. The van der Waals surface area contributed by atoms with Crippen LogP contribution in [-0.2, 0) is 4.74 Å². The highest BCUT2D eigenvalue weighted by Gasteiger charge is 2.50. The van der Waals surface area contributed by atoms with Crippen LogP contribution in [0.15, 0.2) is 22.8 Å². The molecule has 0 aromatic heterocycles. The average Bonchev–Trinajstić information content (AvgIpc) is 2.44. The number of allylic oxidation sites excluding steroid dienone is 3. The molecule has 5 atom stereocenters. The van der Waals surface area contributed by atoms with E-state index in [0.29, 0.717) is 11.8 Å². The van der Waals surface area contributed by atoms with Crippen molar-refractivity contribution >= 4 is 0 Å². The predicted octanol–water partition coefficient (Wildman–Crippen LogP) is 5.20. The fourth-order valence-electron chi connectivity index (χ4n) is 4.61. The first-order valence-electron chi connectivity index (χ1n) is 8.96. The van der Waals surface area contributed by atoms with Gasteiger partial charge in [-0.2, -0.15) is 0 Å². The lowest BCUT2D eigenvalue weighted by atomic mass is 9.58. The van der Waals surface area contributed by atoms with Crippen molar-refractivity contribution in [3.63, 3.8) is 0 Å². The monoisotopic (exact) mass is 305 g/mol. The Morgan fingerprint density at radius 3 is 2.73 bits per heavy atom. The van der Waals surface area contributed by atoms with Gasteiger partial charge in [0, 0.05) is 5.41 Å². The van der Waals surface area contributed by atoms with Gasteiger partial charge in [0.1, 0.15) is 6.23 Å². The highest BCUT2D eigenvalue weighted by Crippen LogP contribution is 2.53. The topological polar surface area (TPSA) is 35.2 Å². The van der Waals surface area contributed by atoms with Crippen LogP contribution in [0.2, 0.25) is 0 Å². The zero-order chi connectivity index (χ0) is 16.5. The van der Waals surface area contributed by atoms with Crippen molar-refractivity contribution in [2.45, 2.75) is 86.0 Å². The van der Waals surface area contributed by atoms with Gasteiger partial charge in [-0.3, -0.25) is 0 Å². The molecule has 1 saturated heterocycles. The molecule has 22 heavy (non-hydrogen) atoms. The number of nitrogens with two attached hydrogens (primary N) is 1. The van der Waals surface area contributed by atoms with Crippen LogP contribution in [0.3, 0.4) is 0 Å². The molecule has 2 aliphatic rings. The molecule has 2 N–H and O–H groups in total. The summed E-state index contributed by atoms with van der Waals surface area (Å²) >= 11 is 0. The van der Waals surface area contributed by atoms with Crippen LogP contribution in [0.4, 0.5) is 0 Å². The summed E-state index contributed by atoms with van der Waals surface area (Å²) < 4.78 is 6.21. The Bertz CT molecular complexity index is 460. The average molecular weight is 306 g/mol. The standard InChI is InChI=1S/C20H35NO/c1-13(2)8-7-9-15(4)17-12-18(21)22-19-16(5)14(3)10-11-20(17,19)6/h8,15,17-19H,7,9-12,21H2,1-6H3/t15?,17-,18?,19?,20+/m0/s1. The van der Waals surface area contributed by atoms with E-state index >= 15 is 0 Å². The lowest BCUT2D eigenvalue weighted by molar-refractivity contribution is -0.154. The van der Waals surface area contributed by atoms with Gasteiger partial charge in [0.05, 0.1) is 6.10 Å². The molecule has 0 amide bonds. The summed E-state index contributed by atoms with van der Waals surface area (Å²) in [6.45, 7) is 13.7. The molecule has 2 rings (SSSR count). The van der Waals surface area contributed by atoms with E-state index in [1.807, 2.05) is 0 Å². The molecule has 2 nitrogen and oxygen atoms in total. The van der Waals surface area contributed by atoms with Gasteiger partial charge in [-0.15, -0.1) is 0 Å². The highest BCUT2D eigenvalue weighted by atomic mass is 16.5. The van der Waals surface area contributed by atoms with Gasteiger partial charge in [0.2, 0.25) is 0 Å². The van der Waals surface area contributed by atoms with Crippen molar-refractivity contribution in [3.05, 3.63) is 22.8 Å². The van der Waals surface area contributed by atoms with E-state index in [4.69, 9.17) is 10.5 Å². The molecule has 3 unspecified atom stereocenters. The third-order valence-corrected chi connectivity index (χ3v) is 6.21. The quantitative estimate of drug-likeness (QED) is 0.725. The Labute approximate surface area is 137 Å². The summed E-state index contributed by atoms with van der Waals surface area (Å²) in [6, 6.07) is 0. The maximum atomic E-state index is 6.26. The summed E-state index contributed by atoms with van der Waals surface area (Å²) in [5.74, 6) is 1.36. The molecule has 1 heterocycles. The first kappa shape index (κ1) is 17.7. The number of ether oxygens (including phenoxy) is 1. The van der Waals surface area contributed by atoms with E-state index in [1.54, 1.807) is 0 Å². The minimum atomic E-state index is -0.102. The second-order valence-electron chi connectivity index (χ2n) is 8.20. The van der Waals surface area contributed by atoms with Crippen LogP contribution in [-0.4, -0.2) is 12.3 Å². The molecule has 1 aliphatic heterocycles. The molecule has 0 aromatic rings. The van der Waals surface area contributed by atoms with Crippen LogP contribution >= 0.6 is 0 Å². The van der Waals surface area contributed by atoms with Gasteiger partial charge in [-0.05, 0) is 77.2 Å². The minimum absolute atomic E-state index is 0.102. The third-order valence-electron chi connectivity index (χ3n) is 6.21. The van der Waals surface area contributed by atoms with E-state index < -0.39 is 0 Å². The Hall–Kier alpha value is -0.600. The SMILES string of the molecule is CC(C)=CCCC(C)[C@@H]1CC(N)OC2C(C)=C(C)CC[C@@]21C. The molecule has 2 heteroatoms. The second kappa shape index (κ2) is 6.88. The Morgan fingerprint density at radius 1 is 1.41 bits per heavy atom. The van der Waals surface area contributed by atoms with Crippen LogP contribution in [0.5, 0.6) is 0 Å². The first-order chi connectivity index (χ1) is 10.3. The molecular weight excluding hydrogens is 270 g/mol. The van der Waals surface area contributed by atoms with Gasteiger partial charge >= 0.3 is 0 Å². The first-order valence-corrected chi connectivity index (χ1v) is 8.96. The number of hydrogen-bond acceptors (Lipinski definition) is 2. The van der Waals surface area contributed by atoms with E-state index in [1.165, 1.54) is 42.4 Å². The fraction of sp³-hybridized carbons (Fsp3) is 0.800. The Balaban J connectivity index is 2.18. The van der Waals surface area contributed by atoms with Crippen molar-refractivity contribution in [2.75, 3.05) is 0 Å². The number of rotatable bonds is 4. The predicted molar refractivity (Wildman–Crippen MR) is 94.5 cm³/mol. The van der Waals surface area contributed by atoms with Crippen molar-refractivity contribution in [2.24, 2.45) is 23.0 Å².